The van der Waals surface area contributed by atoms with Crippen LogP contribution in [0.1, 0.15) is 34.6 Å². The molecule has 29 heavy (non-hydrogen) atoms. The van der Waals surface area contributed by atoms with Crippen LogP contribution >= 0.6 is 12.6 Å². The number of hydrogen-bond donors (Lipinski definition) is 1. The third-order valence-electron chi connectivity index (χ3n) is 5.55. The number of ether oxygens (including phenoxy) is 4. The molecule has 11 heteroatoms. The molecule has 2 aliphatic heterocycles. The Hall–Kier alpha value is 0.277. The highest BCUT2D eigenvalue weighted by atomic mass is 32.2. The zero-order chi connectivity index (χ0) is 22.3. The van der Waals surface area contributed by atoms with Gasteiger partial charge in [-0.3, -0.25) is 4.18 Å². The van der Waals surface area contributed by atoms with Crippen molar-refractivity contribution in [3.05, 3.63) is 0 Å². The lowest BCUT2D eigenvalue weighted by atomic mass is 10.0. The maximum atomic E-state index is 11.1. The quantitative estimate of drug-likeness (QED) is 0.250. The second-order valence-electron chi connectivity index (χ2n) is 9.56. The first-order valence-electron chi connectivity index (χ1n) is 9.81. The number of hydrogen-bond acceptors (Lipinski definition) is 9. The summed E-state index contributed by atoms with van der Waals surface area (Å²) in [4.78, 5) is 0. The molecule has 0 radical (unpaired) electrons. The van der Waals surface area contributed by atoms with Crippen LogP contribution in [-0.4, -0.2) is 78.5 Å². The minimum Gasteiger partial charge on any atom is -0.414 e. The number of rotatable bonds is 8. The first-order valence-corrected chi connectivity index (χ1v) is 15.1. The Bertz CT molecular complexity index is 661. The molecule has 8 nitrogen and oxygen atoms in total. The summed E-state index contributed by atoms with van der Waals surface area (Å²) < 4.78 is 57.4. The molecule has 0 amide bonds. The lowest BCUT2D eigenvalue weighted by Gasteiger charge is -2.42. The molecule has 0 aromatic heterocycles. The van der Waals surface area contributed by atoms with Crippen molar-refractivity contribution in [3.8, 4) is 0 Å². The van der Waals surface area contributed by atoms with Crippen LogP contribution in [0.2, 0.25) is 18.1 Å². The molecule has 5 atom stereocenters. The van der Waals surface area contributed by atoms with Gasteiger partial charge < -0.3 is 23.4 Å². The highest BCUT2D eigenvalue weighted by Gasteiger charge is 2.55. The number of fused-ring (bicyclic) bond motifs is 1. The largest absolute Gasteiger partial charge is 0.414 e. The predicted octanol–water partition coefficient (Wildman–Crippen LogP) is 2.54. The minimum absolute atomic E-state index is 0.0658. The molecule has 2 heterocycles. The normalized spacial score (nSPS) is 32.9. The van der Waals surface area contributed by atoms with E-state index in [4.69, 9.17) is 27.6 Å². The fourth-order valence-corrected chi connectivity index (χ4v) is 4.84. The summed E-state index contributed by atoms with van der Waals surface area (Å²) >= 11 is 4.55. The molecule has 0 saturated carbocycles. The SMILES string of the molecule is CC1(C)O[C@@H]2[C@@H](OCCOS(C)(=O)=O)[C@H](S)O[C@H](CO[Si](C)(C)C(C)(C)C)[C@@H]2O1. The molecule has 0 N–H and O–H groups in total. The lowest BCUT2D eigenvalue weighted by molar-refractivity contribution is -0.183. The topological polar surface area (TPSA) is 89.5 Å². The molecular formula is C18H36O8S2Si. The Morgan fingerprint density at radius 2 is 1.69 bits per heavy atom. The van der Waals surface area contributed by atoms with Crippen LogP contribution in [0.15, 0.2) is 0 Å². The molecule has 0 spiro atoms. The molecule has 0 bridgehead atoms. The van der Waals surface area contributed by atoms with Crippen molar-refractivity contribution < 1.29 is 36.0 Å². The predicted molar refractivity (Wildman–Crippen MR) is 115 cm³/mol. The first-order chi connectivity index (χ1) is 13.0. The highest BCUT2D eigenvalue weighted by molar-refractivity contribution is 7.86. The maximum Gasteiger partial charge on any atom is 0.264 e. The zero-order valence-electron chi connectivity index (χ0n) is 18.6. The van der Waals surface area contributed by atoms with E-state index in [0.29, 0.717) is 6.61 Å². The van der Waals surface area contributed by atoms with Crippen molar-refractivity contribution in [2.75, 3.05) is 26.1 Å². The molecule has 2 rings (SSSR count). The van der Waals surface area contributed by atoms with Crippen molar-refractivity contribution in [1.29, 1.82) is 0 Å². The molecule has 172 valence electrons. The standard InChI is InChI=1S/C18H36O8S2Si/c1-17(2,3)29(7,8)23-11-12-13-14(26-18(4,5)25-13)15(16(27)24-12)21-9-10-22-28(6,19)20/h12-16,27H,9-11H2,1-8H3/t12-,13+,14+,15-,16+/m1/s1. The van der Waals surface area contributed by atoms with Gasteiger partial charge in [-0.15, -0.1) is 12.6 Å². The van der Waals surface area contributed by atoms with Gasteiger partial charge in [-0.25, -0.2) is 0 Å². The van der Waals surface area contributed by atoms with Crippen LogP contribution in [0, 0.1) is 0 Å². The van der Waals surface area contributed by atoms with Crippen molar-refractivity contribution in [1.82, 2.24) is 0 Å². The van der Waals surface area contributed by atoms with Crippen LogP contribution in [0.4, 0.5) is 0 Å². The van der Waals surface area contributed by atoms with E-state index in [1.807, 2.05) is 13.8 Å². The average molecular weight is 473 g/mol. The molecule has 2 aliphatic rings. The Balaban J connectivity index is 2.04. The minimum atomic E-state index is -3.52. The summed E-state index contributed by atoms with van der Waals surface area (Å²) in [5, 5.41) is 0.0823. The summed E-state index contributed by atoms with van der Waals surface area (Å²) in [6.07, 6.45) is -0.660. The van der Waals surface area contributed by atoms with Crippen LogP contribution in [-0.2, 0) is 37.7 Å². The molecule has 2 fully saturated rings. The van der Waals surface area contributed by atoms with Crippen molar-refractivity contribution >= 4 is 31.1 Å². The maximum absolute atomic E-state index is 11.1. The molecule has 0 unspecified atom stereocenters. The Kier molecular flexibility index (Phi) is 7.95. The average Bonchev–Trinajstić information content (AvgIpc) is 2.84. The van der Waals surface area contributed by atoms with E-state index in [1.165, 1.54) is 0 Å². The summed E-state index contributed by atoms with van der Waals surface area (Å²) in [6, 6.07) is 0. The third-order valence-corrected chi connectivity index (χ3v) is 11.1. The Morgan fingerprint density at radius 1 is 1.10 bits per heavy atom. The summed E-state index contributed by atoms with van der Waals surface area (Å²) in [5.74, 6) is -0.795. The van der Waals surface area contributed by atoms with Crippen LogP contribution in [0.25, 0.3) is 0 Å². The van der Waals surface area contributed by atoms with Gasteiger partial charge in [-0.05, 0) is 32.0 Å². The van der Waals surface area contributed by atoms with Crippen molar-refractivity contribution in [3.63, 3.8) is 0 Å². The van der Waals surface area contributed by atoms with Gasteiger partial charge in [0, 0.05) is 0 Å². The Labute approximate surface area is 181 Å². The molecule has 2 saturated heterocycles. The van der Waals surface area contributed by atoms with E-state index in [9.17, 15) is 8.42 Å². The van der Waals surface area contributed by atoms with Crippen molar-refractivity contribution in [2.45, 2.75) is 88.4 Å². The van der Waals surface area contributed by atoms with Gasteiger partial charge in [-0.2, -0.15) is 8.42 Å². The van der Waals surface area contributed by atoms with E-state index in [2.05, 4.69) is 46.5 Å². The van der Waals surface area contributed by atoms with Gasteiger partial charge in [0.05, 0.1) is 26.1 Å². The second-order valence-corrected chi connectivity index (χ2v) is 16.5. The molecule has 0 aliphatic carbocycles. The lowest BCUT2D eigenvalue weighted by Crippen LogP contribution is -2.58. The first kappa shape index (κ1) is 25.5. The fourth-order valence-electron chi connectivity index (χ4n) is 3.04. The Morgan fingerprint density at radius 3 is 2.24 bits per heavy atom. The van der Waals surface area contributed by atoms with E-state index >= 15 is 0 Å². The molecule has 0 aromatic carbocycles. The number of thiol groups is 1. The fraction of sp³-hybridized carbons (Fsp3) is 1.00. The molecule has 0 aromatic rings. The van der Waals surface area contributed by atoms with Gasteiger partial charge in [-0.1, -0.05) is 20.8 Å². The van der Waals surface area contributed by atoms with E-state index in [-0.39, 0.29) is 30.5 Å². The van der Waals surface area contributed by atoms with E-state index in [1.54, 1.807) is 0 Å². The summed E-state index contributed by atoms with van der Waals surface area (Å²) in [6.45, 7) is 15.0. The van der Waals surface area contributed by atoms with Gasteiger partial charge in [0.25, 0.3) is 10.1 Å². The van der Waals surface area contributed by atoms with Crippen LogP contribution in [0.3, 0.4) is 0 Å². The van der Waals surface area contributed by atoms with Crippen molar-refractivity contribution in [2.24, 2.45) is 0 Å². The summed E-state index contributed by atoms with van der Waals surface area (Å²) in [7, 11) is -5.48. The second kappa shape index (κ2) is 9.03. The van der Waals surface area contributed by atoms with E-state index in [0.717, 1.165) is 6.26 Å². The zero-order valence-corrected chi connectivity index (χ0v) is 21.3. The van der Waals surface area contributed by atoms with Gasteiger partial charge in [0.1, 0.15) is 29.9 Å². The summed E-state index contributed by atoms with van der Waals surface area (Å²) in [5.41, 5.74) is -0.569. The van der Waals surface area contributed by atoms with E-state index < -0.39 is 41.9 Å². The van der Waals surface area contributed by atoms with Gasteiger partial charge in [0.2, 0.25) is 0 Å². The third kappa shape index (κ3) is 6.88. The van der Waals surface area contributed by atoms with Gasteiger partial charge in [0.15, 0.2) is 14.1 Å². The van der Waals surface area contributed by atoms with Crippen LogP contribution < -0.4 is 0 Å². The smallest absolute Gasteiger partial charge is 0.264 e. The molecular weight excluding hydrogens is 436 g/mol. The highest BCUT2D eigenvalue weighted by Crippen LogP contribution is 2.41. The monoisotopic (exact) mass is 472 g/mol. The van der Waals surface area contributed by atoms with Crippen LogP contribution in [0.5, 0.6) is 0 Å². The van der Waals surface area contributed by atoms with Gasteiger partial charge >= 0.3 is 0 Å².